The molecule has 1 amide bonds. The summed E-state index contributed by atoms with van der Waals surface area (Å²) < 4.78 is 54.1. The van der Waals surface area contributed by atoms with Crippen molar-refractivity contribution in [3.05, 3.63) is 59.1 Å². The standard InChI is InChI=1S/C20H24ClN3O5S2/c1-15-7-9-17(10-8-15)31(28,29)24-13-3-6-19(24)20(25)22-11-12-23-30(26,27)18-5-2-4-16(21)14-18/h2,4-5,7-10,14,19,23H,3,6,11-13H2,1H3,(H,22,25)/t19-/m0/s1. The predicted octanol–water partition coefficient (Wildman–Crippen LogP) is 1.90. The first kappa shape index (κ1) is 23.7. The van der Waals surface area contributed by atoms with Gasteiger partial charge in [0.2, 0.25) is 26.0 Å². The number of hydrogen-bond acceptors (Lipinski definition) is 5. The molecule has 0 aliphatic carbocycles. The van der Waals surface area contributed by atoms with Crippen LogP contribution in [-0.4, -0.2) is 52.7 Å². The van der Waals surface area contributed by atoms with Crippen LogP contribution in [0.4, 0.5) is 0 Å². The Morgan fingerprint density at radius 2 is 1.77 bits per heavy atom. The Kier molecular flexibility index (Phi) is 7.38. The van der Waals surface area contributed by atoms with Crippen LogP contribution >= 0.6 is 11.6 Å². The summed E-state index contributed by atoms with van der Waals surface area (Å²) in [7, 11) is -7.56. The third-order valence-corrected chi connectivity index (χ3v) is 8.57. The summed E-state index contributed by atoms with van der Waals surface area (Å²) >= 11 is 5.83. The van der Waals surface area contributed by atoms with Crippen molar-refractivity contribution >= 4 is 37.6 Å². The molecule has 2 N–H and O–H groups in total. The summed E-state index contributed by atoms with van der Waals surface area (Å²) in [5, 5.41) is 2.92. The fourth-order valence-corrected chi connectivity index (χ4v) is 6.33. The molecule has 0 unspecified atom stereocenters. The summed E-state index contributed by atoms with van der Waals surface area (Å²) in [6.07, 6.45) is 0.982. The van der Waals surface area contributed by atoms with Crippen LogP contribution in [0.25, 0.3) is 0 Å². The maximum absolute atomic E-state index is 12.9. The Morgan fingerprint density at radius 1 is 1.06 bits per heavy atom. The van der Waals surface area contributed by atoms with Gasteiger partial charge in [-0.2, -0.15) is 4.31 Å². The molecule has 1 aliphatic heterocycles. The van der Waals surface area contributed by atoms with Gasteiger partial charge >= 0.3 is 0 Å². The lowest BCUT2D eigenvalue weighted by Gasteiger charge is -2.23. The Labute approximate surface area is 187 Å². The lowest BCUT2D eigenvalue weighted by atomic mass is 10.2. The largest absolute Gasteiger partial charge is 0.353 e. The minimum atomic E-state index is -3.80. The smallest absolute Gasteiger partial charge is 0.243 e. The molecule has 8 nitrogen and oxygen atoms in total. The van der Waals surface area contributed by atoms with Crippen LogP contribution in [0.15, 0.2) is 58.3 Å². The van der Waals surface area contributed by atoms with Crippen LogP contribution in [0.1, 0.15) is 18.4 Å². The Morgan fingerprint density at radius 3 is 2.45 bits per heavy atom. The number of hydrogen-bond donors (Lipinski definition) is 2. The first-order chi connectivity index (χ1) is 14.6. The van der Waals surface area contributed by atoms with Gasteiger partial charge in [-0.3, -0.25) is 4.79 Å². The first-order valence-corrected chi connectivity index (χ1v) is 13.0. The van der Waals surface area contributed by atoms with E-state index < -0.39 is 32.0 Å². The minimum Gasteiger partial charge on any atom is -0.353 e. The highest BCUT2D eigenvalue weighted by Gasteiger charge is 2.39. The van der Waals surface area contributed by atoms with Crippen LogP contribution in [0.2, 0.25) is 5.02 Å². The molecular formula is C20H24ClN3O5S2. The summed E-state index contributed by atoms with van der Waals surface area (Å²) in [4.78, 5) is 12.8. The Balaban J connectivity index is 1.58. The van der Waals surface area contributed by atoms with Crippen LogP contribution < -0.4 is 10.0 Å². The van der Waals surface area contributed by atoms with Crippen LogP contribution in [0.5, 0.6) is 0 Å². The summed E-state index contributed by atoms with van der Waals surface area (Å²) in [6.45, 7) is 2.10. The zero-order valence-electron chi connectivity index (χ0n) is 16.9. The molecule has 0 spiro atoms. The van der Waals surface area contributed by atoms with E-state index in [0.29, 0.717) is 17.9 Å². The molecule has 0 saturated carbocycles. The number of rotatable bonds is 8. The quantitative estimate of drug-likeness (QED) is 0.554. The van der Waals surface area contributed by atoms with Crippen LogP contribution in [0, 0.1) is 6.92 Å². The molecule has 0 aromatic heterocycles. The minimum absolute atomic E-state index is 0.0214. The second kappa shape index (κ2) is 9.66. The fourth-order valence-electron chi connectivity index (χ4n) is 3.34. The van der Waals surface area contributed by atoms with Gasteiger partial charge in [0.05, 0.1) is 9.79 Å². The van der Waals surface area contributed by atoms with Gasteiger partial charge in [-0.1, -0.05) is 35.4 Å². The maximum Gasteiger partial charge on any atom is 0.243 e. The lowest BCUT2D eigenvalue weighted by Crippen LogP contribution is -2.47. The van der Waals surface area contributed by atoms with Crippen LogP contribution in [0.3, 0.4) is 0 Å². The van der Waals surface area contributed by atoms with Crippen molar-refractivity contribution in [1.82, 2.24) is 14.3 Å². The summed E-state index contributed by atoms with van der Waals surface area (Å²) in [6, 6.07) is 11.5. The van der Waals surface area contributed by atoms with Gasteiger partial charge in [0, 0.05) is 24.7 Å². The molecule has 168 valence electrons. The van der Waals surface area contributed by atoms with Crippen molar-refractivity contribution in [2.45, 2.75) is 35.6 Å². The maximum atomic E-state index is 12.9. The van der Waals surface area contributed by atoms with E-state index in [1.54, 1.807) is 18.2 Å². The molecule has 1 fully saturated rings. The Hall–Kier alpha value is -1.98. The van der Waals surface area contributed by atoms with E-state index in [1.165, 1.54) is 34.6 Å². The van der Waals surface area contributed by atoms with Gasteiger partial charge in [0.15, 0.2) is 0 Å². The number of aryl methyl sites for hydroxylation is 1. The molecule has 1 atom stereocenters. The fraction of sp³-hybridized carbons (Fsp3) is 0.350. The number of benzene rings is 2. The molecule has 1 saturated heterocycles. The third-order valence-electron chi connectivity index (χ3n) is 4.96. The molecular weight excluding hydrogens is 462 g/mol. The van der Waals surface area contributed by atoms with Gasteiger partial charge in [-0.15, -0.1) is 0 Å². The first-order valence-electron chi connectivity index (χ1n) is 9.73. The van der Waals surface area contributed by atoms with Gasteiger partial charge < -0.3 is 5.32 Å². The molecule has 0 radical (unpaired) electrons. The van der Waals surface area contributed by atoms with Crippen molar-refractivity contribution in [3.63, 3.8) is 0 Å². The van der Waals surface area contributed by atoms with Crippen LogP contribution in [-0.2, 0) is 24.8 Å². The topological polar surface area (TPSA) is 113 Å². The third kappa shape index (κ3) is 5.64. The summed E-state index contributed by atoms with van der Waals surface area (Å²) in [5.41, 5.74) is 0.940. The number of carbonyl (C=O) groups excluding carboxylic acids is 1. The zero-order chi connectivity index (χ0) is 22.6. The van der Waals surface area contributed by atoms with E-state index in [-0.39, 0.29) is 29.4 Å². The highest BCUT2D eigenvalue weighted by molar-refractivity contribution is 7.89. The predicted molar refractivity (Wildman–Crippen MR) is 118 cm³/mol. The molecule has 2 aromatic rings. The van der Waals surface area contributed by atoms with Gasteiger partial charge in [-0.25, -0.2) is 21.6 Å². The second-order valence-corrected chi connectivity index (χ2v) is 11.3. The van der Waals surface area contributed by atoms with E-state index in [0.717, 1.165) is 5.56 Å². The van der Waals surface area contributed by atoms with E-state index >= 15 is 0 Å². The monoisotopic (exact) mass is 485 g/mol. The van der Waals surface area contributed by atoms with Crippen molar-refractivity contribution in [1.29, 1.82) is 0 Å². The van der Waals surface area contributed by atoms with Crippen molar-refractivity contribution in [2.75, 3.05) is 19.6 Å². The highest BCUT2D eigenvalue weighted by atomic mass is 35.5. The summed E-state index contributed by atoms with van der Waals surface area (Å²) in [5.74, 6) is -0.449. The Bertz CT molecular complexity index is 1150. The highest BCUT2D eigenvalue weighted by Crippen LogP contribution is 2.26. The lowest BCUT2D eigenvalue weighted by molar-refractivity contribution is -0.124. The van der Waals surface area contributed by atoms with Crippen molar-refractivity contribution in [2.24, 2.45) is 0 Å². The molecule has 0 bridgehead atoms. The average Bonchev–Trinajstić information content (AvgIpc) is 3.22. The van der Waals surface area contributed by atoms with E-state index in [1.807, 2.05) is 6.92 Å². The van der Waals surface area contributed by atoms with Crippen molar-refractivity contribution in [3.8, 4) is 0 Å². The average molecular weight is 486 g/mol. The van der Waals surface area contributed by atoms with E-state index in [2.05, 4.69) is 10.0 Å². The number of sulfonamides is 2. The number of nitrogens with zero attached hydrogens (tertiary/aromatic N) is 1. The number of amides is 1. The van der Waals surface area contributed by atoms with Gasteiger partial charge in [0.25, 0.3) is 0 Å². The second-order valence-electron chi connectivity index (χ2n) is 7.23. The number of nitrogens with one attached hydrogen (secondary N) is 2. The molecule has 3 rings (SSSR count). The van der Waals surface area contributed by atoms with Gasteiger partial charge in [0.1, 0.15) is 6.04 Å². The molecule has 2 aromatic carbocycles. The van der Waals surface area contributed by atoms with E-state index in [4.69, 9.17) is 11.6 Å². The van der Waals surface area contributed by atoms with Crippen molar-refractivity contribution < 1.29 is 21.6 Å². The van der Waals surface area contributed by atoms with Gasteiger partial charge in [-0.05, 0) is 50.1 Å². The SMILES string of the molecule is Cc1ccc(S(=O)(=O)N2CCC[C@H]2C(=O)NCCNS(=O)(=O)c2cccc(Cl)c2)cc1. The van der Waals surface area contributed by atoms with E-state index in [9.17, 15) is 21.6 Å². The molecule has 31 heavy (non-hydrogen) atoms. The zero-order valence-corrected chi connectivity index (χ0v) is 19.3. The number of carbonyl (C=O) groups is 1. The molecule has 1 aliphatic rings. The number of halogens is 1. The molecule has 1 heterocycles. The normalized spacial score (nSPS) is 17.5. The molecule has 11 heteroatoms.